The number of ether oxygens (including phenoxy) is 1. The summed E-state index contributed by atoms with van der Waals surface area (Å²) in [5.41, 5.74) is 0.250. The lowest BCUT2D eigenvalue weighted by atomic mass is 9.78. The van der Waals surface area contributed by atoms with E-state index in [2.05, 4.69) is 5.32 Å². The Bertz CT molecular complexity index is 759. The second-order valence-corrected chi connectivity index (χ2v) is 9.17. The van der Waals surface area contributed by atoms with E-state index in [9.17, 15) is 18.8 Å². The molecule has 1 N–H and O–H groups in total. The first-order valence-electron chi connectivity index (χ1n) is 10.4. The van der Waals surface area contributed by atoms with Gasteiger partial charge in [0.2, 0.25) is 5.91 Å². The number of hydrogen-bond acceptors (Lipinski definition) is 4. The van der Waals surface area contributed by atoms with Crippen LogP contribution in [0.1, 0.15) is 64.0 Å². The third kappa shape index (κ3) is 6.03. The van der Waals surface area contributed by atoms with Gasteiger partial charge in [0.25, 0.3) is 0 Å². The SMILES string of the molecule is CNC(=O)CCC(C)(C=O)c1ccc(C2CCN(C(=O)OC(C)(C)C)CC2F)cc1. The molecule has 1 aliphatic heterocycles. The van der Waals surface area contributed by atoms with Gasteiger partial charge >= 0.3 is 6.09 Å². The Kier molecular flexibility index (Phi) is 7.61. The van der Waals surface area contributed by atoms with Gasteiger partial charge in [0.15, 0.2) is 0 Å². The first-order valence-corrected chi connectivity index (χ1v) is 10.4. The summed E-state index contributed by atoms with van der Waals surface area (Å²) in [5.74, 6) is -0.428. The molecule has 6 nitrogen and oxygen atoms in total. The number of hydrogen-bond donors (Lipinski definition) is 1. The molecule has 0 spiro atoms. The molecule has 1 aromatic rings. The van der Waals surface area contributed by atoms with Crippen molar-refractivity contribution in [2.75, 3.05) is 20.1 Å². The van der Waals surface area contributed by atoms with Crippen LogP contribution in [-0.2, 0) is 19.7 Å². The van der Waals surface area contributed by atoms with E-state index in [1.807, 2.05) is 24.3 Å². The third-order valence-electron chi connectivity index (χ3n) is 5.60. The lowest BCUT2D eigenvalue weighted by Crippen LogP contribution is -2.46. The maximum atomic E-state index is 14.9. The molecule has 3 atom stereocenters. The van der Waals surface area contributed by atoms with Gasteiger partial charge < -0.3 is 19.7 Å². The number of benzene rings is 1. The average Bonchev–Trinajstić information content (AvgIpc) is 2.70. The quantitative estimate of drug-likeness (QED) is 0.712. The van der Waals surface area contributed by atoms with Crippen molar-refractivity contribution in [1.29, 1.82) is 0 Å². The second kappa shape index (κ2) is 9.58. The third-order valence-corrected chi connectivity index (χ3v) is 5.60. The molecule has 0 bridgehead atoms. The Morgan fingerprint density at radius 1 is 1.23 bits per heavy atom. The molecular weight excluding hydrogens is 387 g/mol. The normalized spacial score (nSPS) is 21.5. The summed E-state index contributed by atoms with van der Waals surface area (Å²) in [4.78, 5) is 36.9. The monoisotopic (exact) mass is 420 g/mol. The van der Waals surface area contributed by atoms with Crippen LogP contribution in [0.5, 0.6) is 0 Å². The molecule has 2 rings (SSSR count). The number of halogens is 1. The van der Waals surface area contributed by atoms with E-state index in [1.165, 1.54) is 4.90 Å². The van der Waals surface area contributed by atoms with E-state index in [1.54, 1.807) is 34.7 Å². The predicted molar refractivity (Wildman–Crippen MR) is 113 cm³/mol. The molecule has 0 aliphatic carbocycles. The number of piperidine rings is 1. The summed E-state index contributed by atoms with van der Waals surface area (Å²) in [7, 11) is 1.57. The van der Waals surface area contributed by atoms with Gasteiger partial charge in [-0.2, -0.15) is 0 Å². The minimum atomic E-state index is -1.19. The number of nitrogens with zero attached hydrogens (tertiary/aromatic N) is 1. The van der Waals surface area contributed by atoms with Gasteiger partial charge in [-0.05, 0) is 51.7 Å². The molecule has 166 valence electrons. The summed E-state index contributed by atoms with van der Waals surface area (Å²) in [6, 6.07) is 7.36. The molecule has 3 unspecified atom stereocenters. The summed E-state index contributed by atoms with van der Waals surface area (Å²) in [6.07, 6.45) is 0.335. The first kappa shape index (κ1) is 23.8. The van der Waals surface area contributed by atoms with Crippen molar-refractivity contribution in [3.05, 3.63) is 35.4 Å². The van der Waals surface area contributed by atoms with Crippen LogP contribution in [0.4, 0.5) is 9.18 Å². The van der Waals surface area contributed by atoms with Crippen LogP contribution in [0, 0.1) is 0 Å². The second-order valence-electron chi connectivity index (χ2n) is 9.17. The van der Waals surface area contributed by atoms with Crippen molar-refractivity contribution in [1.82, 2.24) is 10.2 Å². The number of carbonyl (C=O) groups excluding carboxylic acids is 3. The van der Waals surface area contributed by atoms with Gasteiger partial charge in [0.1, 0.15) is 18.1 Å². The molecule has 1 heterocycles. The molecule has 1 fully saturated rings. The Labute approximate surface area is 178 Å². The average molecular weight is 421 g/mol. The maximum absolute atomic E-state index is 14.9. The number of likely N-dealkylation sites (tertiary alicyclic amines) is 1. The van der Waals surface area contributed by atoms with E-state index >= 15 is 0 Å². The molecule has 1 aliphatic rings. The van der Waals surface area contributed by atoms with E-state index < -0.39 is 23.3 Å². The Morgan fingerprint density at radius 2 is 1.87 bits per heavy atom. The van der Waals surface area contributed by atoms with Gasteiger partial charge in [-0.3, -0.25) is 4.79 Å². The fourth-order valence-electron chi connectivity index (χ4n) is 3.65. The molecule has 1 aromatic carbocycles. The molecule has 2 amide bonds. The van der Waals surface area contributed by atoms with Crippen LogP contribution in [0.15, 0.2) is 24.3 Å². The minimum Gasteiger partial charge on any atom is -0.444 e. The minimum absolute atomic E-state index is 0.000482. The number of amides is 2. The smallest absolute Gasteiger partial charge is 0.410 e. The zero-order chi connectivity index (χ0) is 22.5. The number of carbonyl (C=O) groups is 3. The van der Waals surface area contributed by atoms with Crippen molar-refractivity contribution in [2.45, 2.75) is 70.1 Å². The molecular formula is C23H33FN2O4. The largest absolute Gasteiger partial charge is 0.444 e. The van der Waals surface area contributed by atoms with Crippen molar-refractivity contribution in [3.63, 3.8) is 0 Å². The molecule has 0 saturated carbocycles. The highest BCUT2D eigenvalue weighted by Gasteiger charge is 2.35. The van der Waals surface area contributed by atoms with E-state index in [0.29, 0.717) is 19.4 Å². The van der Waals surface area contributed by atoms with Gasteiger partial charge in [-0.25, -0.2) is 9.18 Å². The summed E-state index contributed by atoms with van der Waals surface area (Å²) >= 11 is 0. The Balaban J connectivity index is 2.05. The molecule has 0 aromatic heterocycles. The summed E-state index contributed by atoms with van der Waals surface area (Å²) in [6.45, 7) is 7.59. The van der Waals surface area contributed by atoms with E-state index in [4.69, 9.17) is 4.74 Å². The van der Waals surface area contributed by atoms with Gasteiger partial charge in [0.05, 0.1) is 6.54 Å². The fourth-order valence-corrected chi connectivity index (χ4v) is 3.65. The van der Waals surface area contributed by atoms with Crippen LogP contribution < -0.4 is 5.32 Å². The van der Waals surface area contributed by atoms with E-state index in [-0.39, 0.29) is 24.8 Å². The summed E-state index contributed by atoms with van der Waals surface area (Å²) < 4.78 is 20.2. The first-order chi connectivity index (χ1) is 14.0. The van der Waals surface area contributed by atoms with Crippen molar-refractivity contribution in [2.24, 2.45) is 0 Å². The number of rotatable bonds is 6. The van der Waals surface area contributed by atoms with Crippen LogP contribution >= 0.6 is 0 Å². The zero-order valence-electron chi connectivity index (χ0n) is 18.5. The number of aldehydes is 1. The summed E-state index contributed by atoms with van der Waals surface area (Å²) in [5, 5.41) is 2.56. The van der Waals surface area contributed by atoms with Crippen molar-refractivity contribution >= 4 is 18.3 Å². The topological polar surface area (TPSA) is 75.7 Å². The molecule has 1 saturated heterocycles. The highest BCUT2D eigenvalue weighted by molar-refractivity contribution is 5.77. The highest BCUT2D eigenvalue weighted by Crippen LogP contribution is 2.33. The molecule has 0 radical (unpaired) electrons. The Morgan fingerprint density at radius 3 is 2.37 bits per heavy atom. The number of alkyl halides is 1. The van der Waals surface area contributed by atoms with Gasteiger partial charge in [0, 0.05) is 31.3 Å². The molecule has 7 heteroatoms. The van der Waals surface area contributed by atoms with Crippen LogP contribution in [0.25, 0.3) is 0 Å². The predicted octanol–water partition coefficient (Wildman–Crippen LogP) is 3.73. The zero-order valence-corrected chi connectivity index (χ0v) is 18.5. The van der Waals surface area contributed by atoms with Crippen LogP contribution in [-0.4, -0.2) is 55.1 Å². The van der Waals surface area contributed by atoms with Crippen LogP contribution in [0.3, 0.4) is 0 Å². The van der Waals surface area contributed by atoms with Gasteiger partial charge in [-0.15, -0.1) is 0 Å². The lowest BCUT2D eigenvalue weighted by molar-refractivity contribution is -0.121. The molecule has 30 heavy (non-hydrogen) atoms. The van der Waals surface area contributed by atoms with Crippen molar-refractivity contribution in [3.8, 4) is 0 Å². The van der Waals surface area contributed by atoms with Crippen molar-refractivity contribution < 1.29 is 23.5 Å². The fraction of sp³-hybridized carbons (Fsp3) is 0.609. The lowest BCUT2D eigenvalue weighted by Gasteiger charge is -2.36. The number of nitrogens with one attached hydrogen (secondary N) is 1. The Hall–Kier alpha value is -2.44. The highest BCUT2D eigenvalue weighted by atomic mass is 19.1. The van der Waals surface area contributed by atoms with E-state index in [0.717, 1.165) is 17.4 Å². The van der Waals surface area contributed by atoms with Gasteiger partial charge in [-0.1, -0.05) is 24.3 Å². The standard InChI is InChI=1S/C23H33FN2O4/c1-22(2,3)30-21(29)26-13-11-18(19(24)14-26)16-6-8-17(9-7-16)23(4,15-27)12-10-20(28)25-5/h6-9,15,18-19H,10-14H2,1-5H3,(H,25,28). The van der Waals surface area contributed by atoms with Crippen LogP contribution in [0.2, 0.25) is 0 Å². The maximum Gasteiger partial charge on any atom is 0.410 e.